The lowest BCUT2D eigenvalue weighted by Crippen LogP contribution is -2.23. The maximum Gasteiger partial charge on any atom is 0.229 e. The van der Waals surface area contributed by atoms with Crippen molar-refractivity contribution in [2.75, 3.05) is 30.8 Å². The first-order chi connectivity index (χ1) is 16.8. The van der Waals surface area contributed by atoms with Gasteiger partial charge in [-0.3, -0.25) is 9.88 Å². The molecule has 1 aromatic carbocycles. The van der Waals surface area contributed by atoms with Gasteiger partial charge in [-0.1, -0.05) is 25.3 Å². The van der Waals surface area contributed by atoms with Crippen molar-refractivity contribution in [2.45, 2.75) is 57.5 Å². The van der Waals surface area contributed by atoms with Crippen molar-refractivity contribution in [3.8, 4) is 17.0 Å². The fourth-order valence-corrected chi connectivity index (χ4v) is 4.86. The molecule has 0 radical (unpaired) electrons. The van der Waals surface area contributed by atoms with Crippen LogP contribution in [0.25, 0.3) is 11.3 Å². The Bertz CT molecular complexity index is 1060. The summed E-state index contributed by atoms with van der Waals surface area (Å²) in [6.07, 6.45) is 12.7. The summed E-state index contributed by atoms with van der Waals surface area (Å²) in [6.45, 7) is 3.35. The number of aromatic nitrogens is 3. The van der Waals surface area contributed by atoms with Crippen molar-refractivity contribution in [3.63, 3.8) is 0 Å². The first-order valence-corrected chi connectivity index (χ1v) is 12.5. The zero-order chi connectivity index (χ0) is 23.2. The molecule has 2 aromatic heterocycles. The van der Waals surface area contributed by atoms with Gasteiger partial charge >= 0.3 is 0 Å². The molecule has 3 heterocycles. The van der Waals surface area contributed by atoms with Crippen molar-refractivity contribution in [1.29, 1.82) is 0 Å². The van der Waals surface area contributed by atoms with Crippen LogP contribution in [0.3, 0.4) is 0 Å². The van der Waals surface area contributed by atoms with Crippen molar-refractivity contribution >= 4 is 17.5 Å². The van der Waals surface area contributed by atoms with E-state index in [9.17, 15) is 0 Å². The van der Waals surface area contributed by atoms with E-state index in [1.807, 2.05) is 36.7 Å². The van der Waals surface area contributed by atoms with Gasteiger partial charge in [0.15, 0.2) is 0 Å². The van der Waals surface area contributed by atoms with Crippen LogP contribution >= 0.6 is 0 Å². The second kappa shape index (κ2) is 10.8. The van der Waals surface area contributed by atoms with Crippen molar-refractivity contribution < 1.29 is 4.74 Å². The molecule has 2 fully saturated rings. The minimum Gasteiger partial charge on any atom is -0.497 e. The number of nitrogens with zero attached hydrogens (tertiary/aromatic N) is 4. The van der Waals surface area contributed by atoms with E-state index in [0.29, 0.717) is 12.0 Å². The second-order valence-corrected chi connectivity index (χ2v) is 9.32. The molecule has 0 unspecified atom stereocenters. The smallest absolute Gasteiger partial charge is 0.229 e. The molecule has 1 aliphatic heterocycles. The maximum absolute atomic E-state index is 5.25. The first kappa shape index (κ1) is 22.6. The number of rotatable bonds is 8. The van der Waals surface area contributed by atoms with E-state index in [4.69, 9.17) is 14.7 Å². The summed E-state index contributed by atoms with van der Waals surface area (Å²) in [7, 11) is 1.67. The molecule has 2 aliphatic rings. The van der Waals surface area contributed by atoms with Crippen LogP contribution in [0.2, 0.25) is 0 Å². The van der Waals surface area contributed by atoms with E-state index >= 15 is 0 Å². The number of hydrogen-bond donors (Lipinski definition) is 2. The standard InChI is InChI=1S/C27H34N6O/c1-34-23-12-10-22(11-13-23)31-27-29-18-24(26(32-27)30-21-7-3-2-4-8-21)25-14-9-20(17-28-25)19-33-15-5-6-16-33/h9-14,17-18,21H,2-8,15-16,19H2,1H3,(H2,29,30,31,32). The molecule has 7 heteroatoms. The molecule has 34 heavy (non-hydrogen) atoms. The molecule has 7 nitrogen and oxygen atoms in total. The number of anilines is 3. The van der Waals surface area contributed by atoms with Gasteiger partial charge in [-0.2, -0.15) is 4.98 Å². The molecule has 1 saturated carbocycles. The van der Waals surface area contributed by atoms with Crippen molar-refractivity contribution in [2.24, 2.45) is 0 Å². The average Bonchev–Trinajstić information content (AvgIpc) is 3.39. The fourth-order valence-electron chi connectivity index (χ4n) is 4.86. The molecular formula is C27H34N6O. The van der Waals surface area contributed by atoms with Crippen molar-refractivity contribution in [3.05, 3.63) is 54.4 Å². The quantitative estimate of drug-likeness (QED) is 0.453. The van der Waals surface area contributed by atoms with E-state index in [1.54, 1.807) is 7.11 Å². The Hall–Kier alpha value is -3.19. The van der Waals surface area contributed by atoms with Crippen LogP contribution in [0.15, 0.2) is 48.8 Å². The third kappa shape index (κ3) is 5.65. The summed E-state index contributed by atoms with van der Waals surface area (Å²) in [5.74, 6) is 2.23. The van der Waals surface area contributed by atoms with E-state index in [1.165, 1.54) is 63.6 Å². The van der Waals surface area contributed by atoms with Crippen LogP contribution in [0, 0.1) is 0 Å². The lowest BCUT2D eigenvalue weighted by atomic mass is 9.95. The van der Waals surface area contributed by atoms with E-state index in [2.05, 4.69) is 32.7 Å². The highest BCUT2D eigenvalue weighted by molar-refractivity contribution is 5.73. The van der Waals surface area contributed by atoms with Gasteiger partial charge in [-0.15, -0.1) is 0 Å². The number of likely N-dealkylation sites (tertiary alicyclic amines) is 1. The van der Waals surface area contributed by atoms with Crippen LogP contribution in [0.5, 0.6) is 5.75 Å². The predicted octanol–water partition coefficient (Wildman–Crippen LogP) is 5.63. The molecule has 0 amide bonds. The van der Waals surface area contributed by atoms with Crippen LogP contribution in [0.1, 0.15) is 50.5 Å². The second-order valence-electron chi connectivity index (χ2n) is 9.32. The van der Waals surface area contributed by atoms with E-state index in [-0.39, 0.29) is 0 Å². The molecule has 1 aliphatic carbocycles. The Kier molecular flexibility index (Phi) is 7.19. The molecule has 1 saturated heterocycles. The lowest BCUT2D eigenvalue weighted by molar-refractivity contribution is 0.331. The van der Waals surface area contributed by atoms with Crippen LogP contribution < -0.4 is 15.4 Å². The summed E-state index contributed by atoms with van der Waals surface area (Å²) in [6, 6.07) is 12.5. The number of ether oxygens (including phenoxy) is 1. The normalized spacial score (nSPS) is 17.0. The Labute approximate surface area is 202 Å². The minimum absolute atomic E-state index is 0.436. The van der Waals surface area contributed by atoms with Gasteiger partial charge in [0.25, 0.3) is 0 Å². The predicted molar refractivity (Wildman–Crippen MR) is 137 cm³/mol. The zero-order valence-corrected chi connectivity index (χ0v) is 20.0. The highest BCUT2D eigenvalue weighted by Gasteiger charge is 2.18. The van der Waals surface area contributed by atoms with E-state index in [0.717, 1.165) is 35.1 Å². The molecule has 2 N–H and O–H groups in total. The third-order valence-corrected chi connectivity index (χ3v) is 6.79. The minimum atomic E-state index is 0.436. The number of benzene rings is 1. The van der Waals surface area contributed by atoms with Crippen LogP contribution in [-0.4, -0.2) is 46.1 Å². The van der Waals surface area contributed by atoms with Gasteiger partial charge in [-0.25, -0.2) is 4.98 Å². The van der Waals surface area contributed by atoms with Gasteiger partial charge < -0.3 is 15.4 Å². The zero-order valence-electron chi connectivity index (χ0n) is 20.0. The van der Waals surface area contributed by atoms with Gasteiger partial charge in [0.2, 0.25) is 5.95 Å². The molecule has 0 atom stereocenters. The number of pyridine rings is 1. The molecule has 0 bridgehead atoms. The lowest BCUT2D eigenvalue weighted by Gasteiger charge is -2.24. The number of hydrogen-bond acceptors (Lipinski definition) is 7. The largest absolute Gasteiger partial charge is 0.497 e. The Balaban J connectivity index is 1.38. The summed E-state index contributed by atoms with van der Waals surface area (Å²) < 4.78 is 5.25. The Morgan fingerprint density at radius 1 is 0.912 bits per heavy atom. The van der Waals surface area contributed by atoms with Gasteiger partial charge in [-0.05, 0) is 74.7 Å². The molecular weight excluding hydrogens is 424 g/mol. The first-order valence-electron chi connectivity index (χ1n) is 12.5. The highest BCUT2D eigenvalue weighted by atomic mass is 16.5. The Morgan fingerprint density at radius 3 is 2.41 bits per heavy atom. The SMILES string of the molecule is COc1ccc(Nc2ncc(-c3ccc(CN4CCCC4)cn3)c(NC3CCCCC3)n2)cc1. The number of nitrogens with one attached hydrogen (secondary N) is 2. The molecule has 5 rings (SSSR count). The van der Waals surface area contributed by atoms with Crippen LogP contribution in [0.4, 0.5) is 17.5 Å². The van der Waals surface area contributed by atoms with Gasteiger partial charge in [0.05, 0.1) is 18.4 Å². The third-order valence-electron chi connectivity index (χ3n) is 6.79. The monoisotopic (exact) mass is 458 g/mol. The van der Waals surface area contributed by atoms with Crippen molar-refractivity contribution in [1.82, 2.24) is 19.9 Å². The molecule has 3 aromatic rings. The molecule has 178 valence electrons. The van der Waals surface area contributed by atoms with E-state index < -0.39 is 0 Å². The van der Waals surface area contributed by atoms with Crippen LogP contribution in [-0.2, 0) is 6.54 Å². The van der Waals surface area contributed by atoms with Gasteiger partial charge in [0.1, 0.15) is 11.6 Å². The Morgan fingerprint density at radius 2 is 1.71 bits per heavy atom. The highest BCUT2D eigenvalue weighted by Crippen LogP contribution is 2.30. The molecule has 0 spiro atoms. The summed E-state index contributed by atoms with van der Waals surface area (Å²) in [5, 5.41) is 7.02. The fraction of sp³-hybridized carbons (Fsp3) is 0.444. The summed E-state index contributed by atoms with van der Waals surface area (Å²) in [5.41, 5.74) is 4.02. The average molecular weight is 459 g/mol. The van der Waals surface area contributed by atoms with Gasteiger partial charge in [0, 0.05) is 30.7 Å². The summed E-state index contributed by atoms with van der Waals surface area (Å²) >= 11 is 0. The maximum atomic E-state index is 5.25. The topological polar surface area (TPSA) is 75.2 Å². The number of methoxy groups -OCH3 is 1. The summed E-state index contributed by atoms with van der Waals surface area (Å²) in [4.78, 5) is 16.8.